The third-order valence-corrected chi connectivity index (χ3v) is 9.17. The van der Waals surface area contributed by atoms with Crippen LogP contribution in [0, 0.1) is 12.8 Å². The van der Waals surface area contributed by atoms with E-state index in [1.807, 2.05) is 97.9 Å². The van der Waals surface area contributed by atoms with E-state index >= 15 is 0 Å². The molecule has 0 bridgehead atoms. The molecule has 4 aromatic rings. The number of hydrogen-bond acceptors (Lipinski definition) is 4. The van der Waals surface area contributed by atoms with E-state index in [2.05, 4.69) is 23.2 Å². The van der Waals surface area contributed by atoms with Gasteiger partial charge in [-0.15, -0.1) is 0 Å². The Kier molecular flexibility index (Phi) is 6.19. The second kappa shape index (κ2) is 9.95. The average molecular weight is 553 g/mol. The summed E-state index contributed by atoms with van der Waals surface area (Å²) in [5.41, 5.74) is 5.25. The zero-order valence-electron chi connectivity index (χ0n) is 23.7. The summed E-state index contributed by atoms with van der Waals surface area (Å²) in [6.45, 7) is 4.16. The lowest BCUT2D eigenvalue weighted by Crippen LogP contribution is -2.51. The molecule has 1 saturated heterocycles. The van der Waals surface area contributed by atoms with Crippen LogP contribution in [-0.4, -0.2) is 29.6 Å². The topological polar surface area (TPSA) is 66.5 Å². The monoisotopic (exact) mass is 552 g/mol. The number of carbonyl (C=O) groups is 3. The number of nitrogens with zero attached hydrogens (tertiary/aromatic N) is 1. The molecule has 3 aliphatic rings. The van der Waals surface area contributed by atoms with Gasteiger partial charge in [-0.2, -0.15) is 0 Å². The van der Waals surface area contributed by atoms with E-state index in [1.54, 1.807) is 12.1 Å². The number of aryl methyl sites for hydroxylation is 2. The zero-order chi connectivity index (χ0) is 29.0. The van der Waals surface area contributed by atoms with Gasteiger partial charge in [0.25, 0.3) is 0 Å². The number of hydrogen-bond donors (Lipinski definition) is 1. The highest BCUT2D eigenvalue weighted by molar-refractivity contribution is 6.18. The van der Waals surface area contributed by atoms with Crippen molar-refractivity contribution in [1.29, 1.82) is 0 Å². The third-order valence-electron chi connectivity index (χ3n) is 9.17. The van der Waals surface area contributed by atoms with Crippen LogP contribution in [0.25, 0.3) is 6.08 Å². The average Bonchev–Trinajstić information content (AvgIpc) is 3.49. The Morgan fingerprint density at radius 3 is 2.33 bits per heavy atom. The summed E-state index contributed by atoms with van der Waals surface area (Å²) in [4.78, 5) is 46.1. The molecular weight excluding hydrogens is 520 g/mol. The lowest BCUT2D eigenvalue weighted by molar-refractivity contribution is -0.121. The molecule has 0 aromatic heterocycles. The summed E-state index contributed by atoms with van der Waals surface area (Å²) in [5.74, 6) is -1.58. The Morgan fingerprint density at radius 2 is 1.57 bits per heavy atom. The summed E-state index contributed by atoms with van der Waals surface area (Å²) < 4.78 is 0. The van der Waals surface area contributed by atoms with E-state index in [0.29, 0.717) is 16.8 Å². The number of ketones is 2. The maximum absolute atomic E-state index is 14.9. The van der Waals surface area contributed by atoms with Crippen molar-refractivity contribution in [3.05, 3.63) is 137 Å². The van der Waals surface area contributed by atoms with Crippen LogP contribution >= 0.6 is 0 Å². The molecule has 3 aliphatic heterocycles. The molecule has 3 heterocycles. The Morgan fingerprint density at radius 1 is 0.857 bits per heavy atom. The molecule has 0 aliphatic carbocycles. The highest BCUT2D eigenvalue weighted by atomic mass is 16.2. The largest absolute Gasteiger partial charge is 0.352 e. The highest BCUT2D eigenvalue weighted by Gasteiger charge is 2.70. The van der Waals surface area contributed by atoms with Crippen LogP contribution in [0.3, 0.4) is 0 Å². The van der Waals surface area contributed by atoms with Crippen molar-refractivity contribution in [3.63, 3.8) is 0 Å². The second-order valence-corrected chi connectivity index (χ2v) is 11.6. The van der Waals surface area contributed by atoms with Crippen molar-refractivity contribution in [2.75, 3.05) is 10.2 Å². The fraction of sp³-hybridized carbons (Fsp3) is 0.216. The first-order valence-corrected chi connectivity index (χ1v) is 14.7. The molecule has 208 valence electrons. The number of carbonyl (C=O) groups excluding carboxylic acids is 3. The lowest BCUT2D eigenvalue weighted by atomic mass is 9.64. The van der Waals surface area contributed by atoms with E-state index in [1.165, 1.54) is 0 Å². The Labute approximate surface area is 245 Å². The lowest BCUT2D eigenvalue weighted by Gasteiger charge is -2.37. The molecule has 7 rings (SSSR count). The Bertz CT molecular complexity index is 1760. The molecule has 5 nitrogen and oxygen atoms in total. The molecule has 1 fully saturated rings. The van der Waals surface area contributed by atoms with Gasteiger partial charge in [0.1, 0.15) is 11.5 Å². The number of anilines is 2. The van der Waals surface area contributed by atoms with E-state index in [-0.39, 0.29) is 17.5 Å². The van der Waals surface area contributed by atoms with Crippen molar-refractivity contribution in [3.8, 4) is 0 Å². The fourth-order valence-corrected chi connectivity index (χ4v) is 7.38. The first-order chi connectivity index (χ1) is 20.4. The smallest absolute Gasteiger partial charge is 0.238 e. The van der Waals surface area contributed by atoms with Crippen LogP contribution in [0.2, 0.25) is 0 Å². The number of fused-ring (bicyclic) bond motifs is 6. The summed E-state index contributed by atoms with van der Waals surface area (Å²) in [6.07, 6.45) is 5.98. The number of benzene rings is 4. The normalized spacial score (nSPS) is 23.3. The molecule has 0 saturated carbocycles. The van der Waals surface area contributed by atoms with Gasteiger partial charge in [0.05, 0.1) is 12.0 Å². The van der Waals surface area contributed by atoms with Gasteiger partial charge >= 0.3 is 0 Å². The number of para-hydroxylation sites is 1. The van der Waals surface area contributed by atoms with Gasteiger partial charge in [-0.1, -0.05) is 110 Å². The first-order valence-electron chi connectivity index (χ1n) is 14.7. The standard InChI is InChI=1S/C37H32N2O3/c1-3-9-24-15-17-26(18-16-24)34(40)32-33(35(41)25-10-5-4-6-11-25)39-30-20-14-23(2)22-27(30)19-21-31(39)37(32)28-12-7-8-13-29(28)38-36(37)42/h4-8,10-22,31-33H,3,9H2,1-2H3,(H,38,42)/t31-,32-,33-,37+/m1/s1. The molecule has 1 spiro atoms. The van der Waals surface area contributed by atoms with Crippen molar-refractivity contribution in [2.45, 2.75) is 44.2 Å². The summed E-state index contributed by atoms with van der Waals surface area (Å²) in [7, 11) is 0. The number of rotatable bonds is 6. The Balaban J connectivity index is 1.50. The van der Waals surface area contributed by atoms with Crippen molar-refractivity contribution >= 4 is 34.9 Å². The summed E-state index contributed by atoms with van der Waals surface area (Å²) >= 11 is 0. The zero-order valence-corrected chi connectivity index (χ0v) is 23.7. The molecule has 0 unspecified atom stereocenters. The quantitative estimate of drug-likeness (QED) is 0.267. The minimum Gasteiger partial charge on any atom is -0.352 e. The molecule has 42 heavy (non-hydrogen) atoms. The van der Waals surface area contributed by atoms with E-state index in [4.69, 9.17) is 0 Å². The van der Waals surface area contributed by atoms with Gasteiger partial charge in [0.15, 0.2) is 11.6 Å². The van der Waals surface area contributed by atoms with E-state index in [0.717, 1.165) is 40.8 Å². The van der Waals surface area contributed by atoms with Crippen LogP contribution in [0.15, 0.2) is 103 Å². The highest BCUT2D eigenvalue weighted by Crippen LogP contribution is 2.58. The van der Waals surface area contributed by atoms with Crippen LogP contribution in [-0.2, 0) is 16.6 Å². The fourth-order valence-electron chi connectivity index (χ4n) is 7.38. The van der Waals surface area contributed by atoms with Crippen molar-refractivity contribution < 1.29 is 14.4 Å². The molecule has 1 amide bonds. The van der Waals surface area contributed by atoms with Crippen LogP contribution < -0.4 is 10.2 Å². The van der Waals surface area contributed by atoms with Gasteiger partial charge in [-0.05, 0) is 48.2 Å². The molecule has 4 aromatic carbocycles. The molecule has 1 N–H and O–H groups in total. The molecule has 5 heteroatoms. The number of nitrogens with one attached hydrogen (secondary N) is 1. The Hall–Kier alpha value is -4.77. The SMILES string of the molecule is CCCc1ccc(C(=O)[C@H]2[C@H](C(=O)c3ccccc3)N3c4ccc(C)cc4C=C[C@@H]3[C@]23C(=O)Nc2ccccc23)cc1. The van der Waals surface area contributed by atoms with E-state index < -0.39 is 23.4 Å². The number of Topliss-reactive ketones (excluding diaryl/α,β-unsaturated/α-hetero) is 2. The molecule has 0 radical (unpaired) electrons. The predicted molar refractivity (Wildman–Crippen MR) is 166 cm³/mol. The summed E-state index contributed by atoms with van der Waals surface area (Å²) in [6, 6.07) is 29.1. The predicted octanol–water partition coefficient (Wildman–Crippen LogP) is 6.80. The maximum atomic E-state index is 14.9. The minimum absolute atomic E-state index is 0.169. The van der Waals surface area contributed by atoms with Crippen molar-refractivity contribution in [2.24, 2.45) is 5.92 Å². The van der Waals surface area contributed by atoms with Crippen molar-refractivity contribution in [1.82, 2.24) is 0 Å². The minimum atomic E-state index is -1.30. The van der Waals surface area contributed by atoms with Gasteiger partial charge < -0.3 is 10.2 Å². The second-order valence-electron chi connectivity index (χ2n) is 11.6. The molecule has 4 atom stereocenters. The first kappa shape index (κ1) is 26.1. The van der Waals surface area contributed by atoms with Gasteiger partial charge in [0.2, 0.25) is 5.91 Å². The molecular formula is C37H32N2O3. The summed E-state index contributed by atoms with van der Waals surface area (Å²) in [5, 5.41) is 3.09. The van der Waals surface area contributed by atoms with Gasteiger partial charge in [-0.3, -0.25) is 14.4 Å². The van der Waals surface area contributed by atoms with Crippen LogP contribution in [0.1, 0.15) is 56.3 Å². The van der Waals surface area contributed by atoms with Crippen LogP contribution in [0.4, 0.5) is 11.4 Å². The van der Waals surface area contributed by atoms with Gasteiger partial charge in [0, 0.05) is 22.5 Å². The van der Waals surface area contributed by atoms with Crippen LogP contribution in [0.5, 0.6) is 0 Å². The van der Waals surface area contributed by atoms with Gasteiger partial charge in [-0.25, -0.2) is 0 Å². The van der Waals surface area contributed by atoms with E-state index in [9.17, 15) is 14.4 Å². The maximum Gasteiger partial charge on any atom is 0.238 e. The third kappa shape index (κ3) is 3.73. The number of amides is 1.